The first-order chi connectivity index (χ1) is 17.3. The minimum absolute atomic E-state index is 0.0197. The van der Waals surface area contributed by atoms with E-state index in [1.54, 1.807) is 0 Å². The number of likely N-dealkylation sites (tertiary alicyclic amines) is 1. The van der Waals surface area contributed by atoms with Crippen LogP contribution in [0.1, 0.15) is 34.3 Å². The smallest absolute Gasteiger partial charge is 0.341 e. The summed E-state index contributed by atoms with van der Waals surface area (Å²) in [6, 6.07) is 22.8. The molecule has 4 rings (SSSR count). The van der Waals surface area contributed by atoms with E-state index in [4.69, 9.17) is 10.5 Å². The zero-order valence-corrected chi connectivity index (χ0v) is 20.3. The Morgan fingerprint density at radius 2 is 1.58 bits per heavy atom. The second-order valence-electron chi connectivity index (χ2n) is 9.73. The number of halogens is 2. The summed E-state index contributed by atoms with van der Waals surface area (Å²) in [7, 11) is 2.12. The van der Waals surface area contributed by atoms with E-state index >= 15 is 0 Å². The number of ether oxygens (including phenoxy) is 1. The van der Waals surface area contributed by atoms with Gasteiger partial charge in [0.25, 0.3) is 0 Å². The fourth-order valence-electron chi connectivity index (χ4n) is 5.61. The van der Waals surface area contributed by atoms with Crippen molar-refractivity contribution in [3.63, 3.8) is 0 Å². The molecule has 1 aliphatic heterocycles. The molecule has 0 bridgehead atoms. The summed E-state index contributed by atoms with van der Waals surface area (Å²) >= 11 is 0. The molecule has 2 unspecified atom stereocenters. The van der Waals surface area contributed by atoms with Crippen molar-refractivity contribution in [2.45, 2.75) is 18.3 Å². The van der Waals surface area contributed by atoms with E-state index in [-0.39, 0.29) is 18.4 Å². The number of esters is 1. The van der Waals surface area contributed by atoms with Crippen molar-refractivity contribution in [1.82, 2.24) is 0 Å². The maximum absolute atomic E-state index is 13.9. The van der Waals surface area contributed by atoms with E-state index in [1.165, 1.54) is 12.1 Å². The van der Waals surface area contributed by atoms with Gasteiger partial charge < -0.3 is 15.0 Å². The van der Waals surface area contributed by atoms with Gasteiger partial charge in [-0.15, -0.1) is 0 Å². The summed E-state index contributed by atoms with van der Waals surface area (Å²) in [6.07, 6.45) is 1.35. The van der Waals surface area contributed by atoms with Gasteiger partial charge in [-0.3, -0.25) is 4.79 Å². The van der Waals surface area contributed by atoms with Crippen LogP contribution in [0, 0.1) is 17.6 Å². The molecule has 0 spiro atoms. The Morgan fingerprint density at radius 1 is 0.972 bits per heavy atom. The van der Waals surface area contributed by atoms with Crippen molar-refractivity contribution in [3.8, 4) is 0 Å². The molecule has 0 saturated carbocycles. The third-order valence-corrected chi connectivity index (χ3v) is 7.38. The van der Waals surface area contributed by atoms with Crippen molar-refractivity contribution in [2.24, 2.45) is 11.7 Å². The number of hydrogen-bond acceptors (Lipinski definition) is 3. The van der Waals surface area contributed by atoms with Gasteiger partial charge in [0.2, 0.25) is 5.91 Å². The quantitative estimate of drug-likeness (QED) is 0.272. The van der Waals surface area contributed by atoms with Crippen LogP contribution < -0.4 is 5.73 Å². The zero-order chi connectivity index (χ0) is 25.8. The van der Waals surface area contributed by atoms with Crippen LogP contribution in [0.5, 0.6) is 0 Å². The third-order valence-electron chi connectivity index (χ3n) is 7.38. The van der Waals surface area contributed by atoms with E-state index in [0.29, 0.717) is 17.4 Å². The molecule has 36 heavy (non-hydrogen) atoms. The van der Waals surface area contributed by atoms with Crippen molar-refractivity contribution in [2.75, 3.05) is 33.3 Å². The number of carbonyl (C=O) groups is 2. The van der Waals surface area contributed by atoms with Crippen molar-refractivity contribution < 1.29 is 27.6 Å². The van der Waals surface area contributed by atoms with Crippen molar-refractivity contribution in [3.05, 3.63) is 107 Å². The lowest BCUT2D eigenvalue weighted by Gasteiger charge is -2.38. The molecule has 7 heteroatoms. The van der Waals surface area contributed by atoms with Gasteiger partial charge in [-0.1, -0.05) is 66.7 Å². The number of primary amides is 1. The molecule has 2 atom stereocenters. The molecule has 2 N–H and O–H groups in total. The average molecular weight is 494 g/mol. The van der Waals surface area contributed by atoms with Crippen LogP contribution in [0.2, 0.25) is 0 Å². The number of nitrogens with two attached hydrogens (primary N) is 1. The number of carbonyl (C=O) groups excluding carboxylic acids is 2. The summed E-state index contributed by atoms with van der Waals surface area (Å²) in [5.74, 6) is -3.55. The molecule has 1 amide bonds. The fourth-order valence-corrected chi connectivity index (χ4v) is 5.61. The number of nitrogens with zero attached hydrogens (tertiary/aromatic N) is 1. The van der Waals surface area contributed by atoms with Gasteiger partial charge in [0, 0.05) is 18.8 Å². The molecule has 1 saturated heterocycles. The monoisotopic (exact) mass is 493 g/mol. The topological polar surface area (TPSA) is 69.4 Å². The Kier molecular flexibility index (Phi) is 7.50. The SMILES string of the molecule is C[N+]1(CCCOC(=O)c2cccc(F)c2F)CCC(C(C(N)=O)(c2ccccc2)c2ccccc2)C1. The molecule has 5 nitrogen and oxygen atoms in total. The fraction of sp³-hybridized carbons (Fsp3) is 0.310. The zero-order valence-electron chi connectivity index (χ0n) is 20.3. The largest absolute Gasteiger partial charge is 0.462 e. The molecule has 0 aromatic heterocycles. The Balaban J connectivity index is 1.47. The van der Waals surface area contributed by atoms with E-state index in [0.717, 1.165) is 36.7 Å². The second kappa shape index (κ2) is 10.6. The van der Waals surface area contributed by atoms with Crippen LogP contribution in [0.15, 0.2) is 78.9 Å². The van der Waals surface area contributed by atoms with E-state index in [1.807, 2.05) is 60.7 Å². The number of rotatable bonds is 9. The minimum Gasteiger partial charge on any atom is -0.462 e. The summed E-state index contributed by atoms with van der Waals surface area (Å²) in [4.78, 5) is 25.4. The second-order valence-corrected chi connectivity index (χ2v) is 9.73. The predicted molar refractivity (Wildman–Crippen MR) is 133 cm³/mol. The number of benzene rings is 3. The first kappa shape index (κ1) is 25.5. The van der Waals surface area contributed by atoms with Gasteiger partial charge in [-0.25, -0.2) is 13.6 Å². The van der Waals surface area contributed by atoms with Crippen LogP contribution >= 0.6 is 0 Å². The Morgan fingerprint density at radius 3 is 2.17 bits per heavy atom. The molecule has 1 aliphatic rings. The van der Waals surface area contributed by atoms with Gasteiger partial charge >= 0.3 is 5.97 Å². The number of hydrogen-bond donors (Lipinski definition) is 1. The summed E-state index contributed by atoms with van der Waals surface area (Å²) in [5, 5.41) is 0. The third kappa shape index (κ3) is 4.88. The Hall–Kier alpha value is -3.58. The summed E-state index contributed by atoms with van der Waals surface area (Å²) in [6.45, 7) is 2.35. The standard InChI is InChI=1S/C29H30F2N2O3/c1-33(17-9-19-36-27(34)24-14-8-15-25(30)26(24)31)18-16-23(20-33)29(28(32)35,21-10-4-2-5-11-21)22-12-6-3-7-13-22/h2-8,10-15,23H,9,16-20H2,1H3,(H-,32,35)/p+1. The molecule has 1 fully saturated rings. The highest BCUT2D eigenvalue weighted by atomic mass is 19.2. The van der Waals surface area contributed by atoms with E-state index in [2.05, 4.69) is 7.05 Å². The first-order valence-corrected chi connectivity index (χ1v) is 12.1. The van der Waals surface area contributed by atoms with Crippen LogP contribution in [0.25, 0.3) is 0 Å². The van der Waals surface area contributed by atoms with Crippen LogP contribution in [0.4, 0.5) is 8.78 Å². The maximum atomic E-state index is 13.9. The molecule has 1 heterocycles. The van der Waals surface area contributed by atoms with Gasteiger partial charge in [-0.05, 0) is 23.3 Å². The highest BCUT2D eigenvalue weighted by Gasteiger charge is 2.53. The Bertz CT molecular complexity index is 1180. The molecule has 3 aromatic carbocycles. The molecule has 0 aliphatic carbocycles. The summed E-state index contributed by atoms with van der Waals surface area (Å²) in [5.41, 5.74) is 6.57. The molecule has 0 radical (unpaired) electrons. The molecular formula is C29H31F2N2O3+. The first-order valence-electron chi connectivity index (χ1n) is 12.1. The molecule has 3 aromatic rings. The summed E-state index contributed by atoms with van der Waals surface area (Å²) < 4.78 is 33.1. The van der Waals surface area contributed by atoms with Gasteiger partial charge in [0.05, 0.1) is 38.9 Å². The predicted octanol–water partition coefficient (Wildman–Crippen LogP) is 4.45. The number of quaternary nitrogens is 1. The number of amides is 1. The van der Waals surface area contributed by atoms with Crippen LogP contribution in [-0.2, 0) is 14.9 Å². The van der Waals surface area contributed by atoms with Crippen molar-refractivity contribution >= 4 is 11.9 Å². The van der Waals surface area contributed by atoms with Gasteiger partial charge in [-0.2, -0.15) is 0 Å². The van der Waals surface area contributed by atoms with Gasteiger partial charge in [0.15, 0.2) is 11.6 Å². The van der Waals surface area contributed by atoms with Gasteiger partial charge in [0.1, 0.15) is 5.41 Å². The van der Waals surface area contributed by atoms with Crippen molar-refractivity contribution in [1.29, 1.82) is 0 Å². The lowest BCUT2D eigenvalue weighted by Crippen LogP contribution is -2.51. The normalized spacial score (nSPS) is 19.7. The van der Waals surface area contributed by atoms with E-state index in [9.17, 15) is 18.4 Å². The molecule has 188 valence electrons. The highest BCUT2D eigenvalue weighted by molar-refractivity contribution is 5.91. The minimum atomic E-state index is -1.20. The highest BCUT2D eigenvalue weighted by Crippen LogP contribution is 2.45. The Labute approximate surface area is 210 Å². The van der Waals surface area contributed by atoms with Crippen LogP contribution in [0.3, 0.4) is 0 Å². The maximum Gasteiger partial charge on any atom is 0.341 e. The van der Waals surface area contributed by atoms with E-state index < -0.39 is 28.6 Å². The average Bonchev–Trinajstić information content (AvgIpc) is 3.27. The molecular weight excluding hydrogens is 462 g/mol. The lowest BCUT2D eigenvalue weighted by molar-refractivity contribution is -0.899. The van der Waals surface area contributed by atoms with Crippen LogP contribution in [-0.4, -0.2) is 49.6 Å². The lowest BCUT2D eigenvalue weighted by atomic mass is 9.64.